The molecule has 0 spiro atoms. The molecule has 44 heavy (non-hydrogen) atoms. The van der Waals surface area contributed by atoms with Crippen LogP contribution in [0.3, 0.4) is 0 Å². The van der Waals surface area contributed by atoms with E-state index >= 15 is 0 Å². The largest absolute Gasteiger partial charge is 0.493 e. The highest BCUT2D eigenvalue weighted by Crippen LogP contribution is 2.29. The number of methoxy groups -OCH3 is 2. The number of amides is 3. The van der Waals surface area contributed by atoms with Crippen LogP contribution in [0, 0.1) is 0 Å². The van der Waals surface area contributed by atoms with Crippen molar-refractivity contribution in [2.24, 2.45) is 0 Å². The van der Waals surface area contributed by atoms with E-state index in [-0.39, 0.29) is 29.9 Å². The Morgan fingerprint density at radius 1 is 1.00 bits per heavy atom. The quantitative estimate of drug-likeness (QED) is 0.281. The molecule has 0 atom stereocenters. The number of fused-ring (bicyclic) bond motifs is 1. The van der Waals surface area contributed by atoms with E-state index in [2.05, 4.69) is 15.3 Å². The van der Waals surface area contributed by atoms with Gasteiger partial charge in [-0.25, -0.2) is 18.9 Å². The molecule has 2 aromatic heterocycles. The molecule has 0 unspecified atom stereocenters. The van der Waals surface area contributed by atoms with Crippen molar-refractivity contribution in [1.29, 1.82) is 0 Å². The van der Waals surface area contributed by atoms with E-state index in [4.69, 9.17) is 14.2 Å². The van der Waals surface area contributed by atoms with Gasteiger partial charge in [0.25, 0.3) is 15.9 Å². The van der Waals surface area contributed by atoms with E-state index in [0.717, 1.165) is 20.8 Å². The molecule has 1 N–H and O–H groups in total. The molecule has 0 aliphatic carbocycles. The molecule has 1 fully saturated rings. The van der Waals surface area contributed by atoms with Gasteiger partial charge < -0.3 is 19.1 Å². The van der Waals surface area contributed by atoms with Gasteiger partial charge in [0.05, 0.1) is 31.0 Å². The van der Waals surface area contributed by atoms with Gasteiger partial charge in [0.1, 0.15) is 25.5 Å². The van der Waals surface area contributed by atoms with Crippen LogP contribution >= 0.6 is 11.3 Å². The standard InChI is InChI=1S/C27H26N6O9S2/c1-40-19-8-7-17(13-20(19)41-2)16-42-26(37)30-22-9-10-32(25(36)29-22)14-23(34)31-11-12-33(24(35)15-31)44(38,39)27-28-18-5-3-4-6-21(18)43-27/h3-10,13H,11-12,14-16H2,1-2H3,(H,29,30,36,37). The maximum Gasteiger partial charge on any atom is 0.413 e. The number of carbonyl (C=O) groups is 3. The van der Waals surface area contributed by atoms with Gasteiger partial charge in [-0.1, -0.05) is 18.2 Å². The smallest absolute Gasteiger partial charge is 0.413 e. The van der Waals surface area contributed by atoms with E-state index in [1.807, 2.05) is 0 Å². The van der Waals surface area contributed by atoms with Crippen LogP contribution in [0.4, 0.5) is 10.6 Å². The van der Waals surface area contributed by atoms with E-state index in [1.165, 1.54) is 26.5 Å². The zero-order valence-electron chi connectivity index (χ0n) is 23.5. The van der Waals surface area contributed by atoms with Crippen molar-refractivity contribution in [1.82, 2.24) is 23.7 Å². The van der Waals surface area contributed by atoms with Gasteiger partial charge in [-0.2, -0.15) is 13.4 Å². The summed E-state index contributed by atoms with van der Waals surface area (Å²) in [7, 11) is -1.21. The minimum absolute atomic E-state index is 0.0670. The first-order valence-corrected chi connectivity index (χ1v) is 15.3. The van der Waals surface area contributed by atoms with Crippen LogP contribution in [0.1, 0.15) is 5.56 Å². The lowest BCUT2D eigenvalue weighted by molar-refractivity contribution is -0.142. The molecule has 4 aromatic rings. The Balaban J connectivity index is 1.15. The highest BCUT2D eigenvalue weighted by molar-refractivity contribution is 7.91. The van der Waals surface area contributed by atoms with Crippen LogP contribution in [0.25, 0.3) is 10.2 Å². The number of nitrogens with one attached hydrogen (secondary N) is 1. The van der Waals surface area contributed by atoms with Crippen molar-refractivity contribution in [3.05, 3.63) is 70.8 Å². The Hall–Kier alpha value is -5.03. The second-order valence-corrected chi connectivity index (χ2v) is 12.4. The Kier molecular flexibility index (Phi) is 8.77. The van der Waals surface area contributed by atoms with Gasteiger partial charge in [0, 0.05) is 12.7 Å². The predicted molar refractivity (Wildman–Crippen MR) is 157 cm³/mol. The Labute approximate surface area is 254 Å². The third-order valence-electron chi connectivity index (χ3n) is 6.54. The zero-order chi connectivity index (χ0) is 31.4. The number of nitrogens with zero attached hydrogens (tertiary/aromatic N) is 5. The molecule has 3 amide bonds. The van der Waals surface area contributed by atoms with Gasteiger partial charge in [-0.3, -0.25) is 19.5 Å². The zero-order valence-corrected chi connectivity index (χ0v) is 25.1. The molecule has 1 aliphatic heterocycles. The van der Waals surface area contributed by atoms with Crippen molar-refractivity contribution in [2.75, 3.05) is 39.2 Å². The second kappa shape index (κ2) is 12.7. The number of hydrogen-bond donors (Lipinski definition) is 1. The van der Waals surface area contributed by atoms with Gasteiger partial charge in [0.2, 0.25) is 10.2 Å². The fourth-order valence-electron chi connectivity index (χ4n) is 4.30. The first-order chi connectivity index (χ1) is 21.1. The lowest BCUT2D eigenvalue weighted by atomic mass is 10.2. The lowest BCUT2D eigenvalue weighted by Gasteiger charge is -2.33. The van der Waals surface area contributed by atoms with E-state index in [0.29, 0.717) is 31.6 Å². The summed E-state index contributed by atoms with van der Waals surface area (Å²) in [5.41, 5.74) is 0.303. The number of aromatic nitrogens is 3. The van der Waals surface area contributed by atoms with Gasteiger partial charge in [-0.15, -0.1) is 11.3 Å². The monoisotopic (exact) mass is 642 g/mol. The van der Waals surface area contributed by atoms with Gasteiger partial charge >= 0.3 is 11.8 Å². The summed E-state index contributed by atoms with van der Waals surface area (Å²) in [6, 6.07) is 13.2. The van der Waals surface area contributed by atoms with Crippen molar-refractivity contribution in [3.63, 3.8) is 0 Å². The molecule has 0 saturated carbocycles. The summed E-state index contributed by atoms with van der Waals surface area (Å²) in [5.74, 6) is -0.490. The molecule has 230 valence electrons. The number of sulfonamides is 1. The highest BCUT2D eigenvalue weighted by atomic mass is 32.2. The summed E-state index contributed by atoms with van der Waals surface area (Å²) in [6.45, 7) is -1.36. The van der Waals surface area contributed by atoms with Crippen molar-refractivity contribution < 1.29 is 37.0 Å². The summed E-state index contributed by atoms with van der Waals surface area (Å²) in [6.07, 6.45) is 0.394. The number of carbonyl (C=O) groups excluding carboxylic acids is 3. The minimum atomic E-state index is -4.20. The molecule has 1 aliphatic rings. The van der Waals surface area contributed by atoms with Gasteiger partial charge in [0.15, 0.2) is 11.5 Å². The fraction of sp³-hybridized carbons (Fsp3) is 0.259. The topological polar surface area (TPSA) is 179 Å². The van der Waals surface area contributed by atoms with Crippen LogP contribution < -0.4 is 20.5 Å². The highest BCUT2D eigenvalue weighted by Gasteiger charge is 2.37. The first-order valence-electron chi connectivity index (χ1n) is 13.0. The van der Waals surface area contributed by atoms with Crippen molar-refractivity contribution in [2.45, 2.75) is 17.5 Å². The van der Waals surface area contributed by atoms with Crippen molar-refractivity contribution in [3.8, 4) is 11.5 Å². The summed E-state index contributed by atoms with van der Waals surface area (Å²) in [4.78, 5) is 59.5. The maximum absolute atomic E-state index is 13.1. The molecule has 15 nitrogen and oxygen atoms in total. The fourth-order valence-corrected chi connectivity index (χ4v) is 7.01. The Bertz CT molecular complexity index is 1870. The molecule has 0 radical (unpaired) electrons. The number of hydrogen-bond acceptors (Lipinski definition) is 12. The molecule has 0 bridgehead atoms. The molecule has 2 aromatic carbocycles. The summed E-state index contributed by atoms with van der Waals surface area (Å²) in [5, 5.41) is 2.35. The summed E-state index contributed by atoms with van der Waals surface area (Å²) < 4.78 is 43.9. The Morgan fingerprint density at radius 2 is 1.77 bits per heavy atom. The second-order valence-electron chi connectivity index (χ2n) is 9.35. The third kappa shape index (κ3) is 6.47. The molecule has 17 heteroatoms. The van der Waals surface area contributed by atoms with E-state index < -0.39 is 46.7 Å². The number of anilines is 1. The van der Waals surface area contributed by atoms with Crippen LogP contribution in [0.2, 0.25) is 0 Å². The number of ether oxygens (including phenoxy) is 3. The first kappa shape index (κ1) is 30.4. The van der Waals surface area contributed by atoms with Crippen LogP contribution in [-0.2, 0) is 37.5 Å². The number of para-hydroxylation sites is 1. The van der Waals surface area contributed by atoms with Gasteiger partial charge in [-0.05, 0) is 35.9 Å². The molecule has 3 heterocycles. The normalized spacial score (nSPS) is 13.5. The third-order valence-corrected chi connectivity index (χ3v) is 9.75. The molecule has 1 saturated heterocycles. The van der Waals surface area contributed by atoms with Crippen LogP contribution in [0.15, 0.2) is 63.9 Å². The molecule has 5 rings (SSSR count). The summed E-state index contributed by atoms with van der Waals surface area (Å²) >= 11 is 0.958. The minimum Gasteiger partial charge on any atom is -0.493 e. The van der Waals surface area contributed by atoms with E-state index in [9.17, 15) is 27.6 Å². The number of piperazine rings is 1. The molecular weight excluding hydrogens is 616 g/mol. The maximum atomic E-state index is 13.1. The van der Waals surface area contributed by atoms with Crippen molar-refractivity contribution >= 4 is 55.3 Å². The average molecular weight is 643 g/mol. The van der Waals surface area contributed by atoms with Crippen LogP contribution in [0.5, 0.6) is 11.5 Å². The predicted octanol–water partition coefficient (Wildman–Crippen LogP) is 1.68. The van der Waals surface area contributed by atoms with Crippen LogP contribution in [-0.4, -0.2) is 83.9 Å². The Morgan fingerprint density at radius 3 is 2.48 bits per heavy atom. The van der Waals surface area contributed by atoms with E-state index in [1.54, 1.807) is 42.5 Å². The number of rotatable bonds is 9. The average Bonchev–Trinajstić information content (AvgIpc) is 3.46. The number of thiazole rings is 1. The lowest BCUT2D eigenvalue weighted by Crippen LogP contribution is -2.54. The number of benzene rings is 2. The molecular formula is C27H26N6O9S2. The SMILES string of the molecule is COc1ccc(COC(=O)Nc2ccn(CC(=O)N3CCN(S(=O)(=O)c4nc5ccccc5s4)C(=O)C3)c(=O)n2)cc1OC.